The molecular formula is C11H14BrN3O2S3. The molecule has 0 amide bonds. The summed E-state index contributed by atoms with van der Waals surface area (Å²) in [4.78, 5) is 2.02. The molecule has 2 aromatic heterocycles. The Balaban J connectivity index is 2.34. The SMILES string of the molecule is CCS(=O)(=O)c1c(N)nsc1N(C)Cc1csc(Br)c1. The highest BCUT2D eigenvalue weighted by atomic mass is 79.9. The van der Waals surface area contributed by atoms with Crippen LogP contribution < -0.4 is 10.6 Å². The van der Waals surface area contributed by atoms with Crippen molar-refractivity contribution in [1.82, 2.24) is 4.37 Å². The molecule has 9 heteroatoms. The lowest BCUT2D eigenvalue weighted by atomic mass is 10.3. The Kier molecular flexibility index (Phi) is 4.73. The van der Waals surface area contributed by atoms with Crippen LogP contribution in [-0.4, -0.2) is 25.6 Å². The third-order valence-electron chi connectivity index (χ3n) is 2.74. The normalized spacial score (nSPS) is 11.8. The van der Waals surface area contributed by atoms with E-state index in [4.69, 9.17) is 5.73 Å². The number of aromatic nitrogens is 1. The van der Waals surface area contributed by atoms with Gasteiger partial charge in [-0.05, 0) is 44.5 Å². The molecule has 2 rings (SSSR count). The smallest absolute Gasteiger partial charge is 0.184 e. The highest BCUT2D eigenvalue weighted by Gasteiger charge is 2.26. The molecule has 0 saturated heterocycles. The fourth-order valence-electron chi connectivity index (χ4n) is 1.74. The zero-order chi connectivity index (χ0) is 14.9. The first-order chi connectivity index (χ1) is 9.35. The monoisotopic (exact) mass is 395 g/mol. The van der Waals surface area contributed by atoms with E-state index in [-0.39, 0.29) is 16.5 Å². The molecule has 0 spiro atoms. The van der Waals surface area contributed by atoms with Crippen LogP contribution in [0.1, 0.15) is 12.5 Å². The van der Waals surface area contributed by atoms with Gasteiger partial charge in [-0.3, -0.25) is 0 Å². The minimum Gasteiger partial charge on any atom is -0.382 e. The topological polar surface area (TPSA) is 76.3 Å². The summed E-state index contributed by atoms with van der Waals surface area (Å²) in [6, 6.07) is 2.01. The number of hydrogen-bond acceptors (Lipinski definition) is 7. The van der Waals surface area contributed by atoms with Crippen LogP contribution >= 0.6 is 38.8 Å². The molecule has 0 unspecified atom stereocenters. The summed E-state index contributed by atoms with van der Waals surface area (Å²) in [5, 5.41) is 2.62. The van der Waals surface area contributed by atoms with Crippen molar-refractivity contribution in [3.8, 4) is 0 Å². The summed E-state index contributed by atoms with van der Waals surface area (Å²) in [6.07, 6.45) is 0. The molecule has 110 valence electrons. The molecule has 0 bridgehead atoms. The van der Waals surface area contributed by atoms with E-state index in [1.807, 2.05) is 23.4 Å². The fourth-order valence-corrected chi connectivity index (χ4v) is 5.23. The Morgan fingerprint density at radius 1 is 1.50 bits per heavy atom. The van der Waals surface area contributed by atoms with E-state index in [0.29, 0.717) is 11.5 Å². The minimum atomic E-state index is -3.37. The Bertz CT molecular complexity index is 708. The number of nitrogens with two attached hydrogens (primary N) is 1. The Morgan fingerprint density at radius 3 is 2.75 bits per heavy atom. The van der Waals surface area contributed by atoms with Gasteiger partial charge in [-0.25, -0.2) is 8.42 Å². The van der Waals surface area contributed by atoms with Crippen molar-refractivity contribution in [3.63, 3.8) is 0 Å². The predicted octanol–water partition coefficient (Wildman–Crippen LogP) is 2.98. The predicted molar refractivity (Wildman–Crippen MR) is 88.4 cm³/mol. The second-order valence-corrected chi connectivity index (χ2v) is 9.48. The van der Waals surface area contributed by atoms with E-state index in [9.17, 15) is 8.42 Å². The highest BCUT2D eigenvalue weighted by Crippen LogP contribution is 2.35. The summed E-state index contributed by atoms with van der Waals surface area (Å²) < 4.78 is 29.3. The maximum Gasteiger partial charge on any atom is 0.184 e. The van der Waals surface area contributed by atoms with Gasteiger partial charge in [-0.15, -0.1) is 11.3 Å². The van der Waals surface area contributed by atoms with Gasteiger partial charge in [0, 0.05) is 13.6 Å². The van der Waals surface area contributed by atoms with E-state index < -0.39 is 9.84 Å². The zero-order valence-electron chi connectivity index (χ0n) is 11.0. The number of nitrogens with zero attached hydrogens (tertiary/aromatic N) is 2. The number of thiophene rings is 1. The number of hydrogen-bond donors (Lipinski definition) is 1. The summed E-state index contributed by atoms with van der Waals surface area (Å²) in [6.45, 7) is 2.21. The van der Waals surface area contributed by atoms with Gasteiger partial charge in [-0.2, -0.15) is 4.37 Å². The number of rotatable bonds is 5. The molecule has 0 aliphatic carbocycles. The van der Waals surface area contributed by atoms with Gasteiger partial charge >= 0.3 is 0 Å². The Morgan fingerprint density at radius 2 is 2.20 bits per heavy atom. The molecule has 0 fully saturated rings. The van der Waals surface area contributed by atoms with Crippen molar-refractivity contribution < 1.29 is 8.42 Å². The van der Waals surface area contributed by atoms with Crippen molar-refractivity contribution >= 4 is 59.5 Å². The first-order valence-electron chi connectivity index (χ1n) is 5.77. The van der Waals surface area contributed by atoms with E-state index >= 15 is 0 Å². The van der Waals surface area contributed by atoms with E-state index in [2.05, 4.69) is 20.3 Å². The zero-order valence-corrected chi connectivity index (χ0v) is 15.0. The van der Waals surface area contributed by atoms with Crippen molar-refractivity contribution in [2.75, 3.05) is 23.4 Å². The van der Waals surface area contributed by atoms with Gasteiger partial charge in [-0.1, -0.05) is 6.92 Å². The molecule has 2 aromatic rings. The second-order valence-electron chi connectivity index (χ2n) is 4.22. The largest absolute Gasteiger partial charge is 0.382 e. The van der Waals surface area contributed by atoms with Crippen LogP contribution in [0.2, 0.25) is 0 Å². The maximum absolute atomic E-state index is 12.1. The molecule has 20 heavy (non-hydrogen) atoms. The molecule has 0 aliphatic rings. The lowest BCUT2D eigenvalue weighted by Crippen LogP contribution is -2.18. The molecule has 2 N–H and O–H groups in total. The van der Waals surface area contributed by atoms with E-state index in [1.165, 1.54) is 0 Å². The van der Waals surface area contributed by atoms with Crippen molar-refractivity contribution in [3.05, 3.63) is 20.8 Å². The number of sulfone groups is 1. The molecule has 5 nitrogen and oxygen atoms in total. The third kappa shape index (κ3) is 3.16. The summed E-state index contributed by atoms with van der Waals surface area (Å²) in [5.41, 5.74) is 6.83. The van der Waals surface area contributed by atoms with Crippen molar-refractivity contribution in [1.29, 1.82) is 0 Å². The van der Waals surface area contributed by atoms with Gasteiger partial charge in [0.1, 0.15) is 9.90 Å². The average molecular weight is 396 g/mol. The minimum absolute atomic E-state index is 0.0143. The van der Waals surface area contributed by atoms with Gasteiger partial charge < -0.3 is 10.6 Å². The van der Waals surface area contributed by atoms with Crippen LogP contribution in [0.4, 0.5) is 10.8 Å². The highest BCUT2D eigenvalue weighted by molar-refractivity contribution is 9.11. The van der Waals surface area contributed by atoms with Crippen LogP contribution in [0.15, 0.2) is 20.1 Å². The molecule has 0 radical (unpaired) electrons. The lowest BCUT2D eigenvalue weighted by molar-refractivity contribution is 0.597. The van der Waals surface area contributed by atoms with Crippen LogP contribution in [0, 0.1) is 0 Å². The van der Waals surface area contributed by atoms with Gasteiger partial charge in [0.2, 0.25) is 0 Å². The van der Waals surface area contributed by atoms with Gasteiger partial charge in [0.05, 0.1) is 9.54 Å². The number of anilines is 2. The average Bonchev–Trinajstić information content (AvgIpc) is 2.96. The Labute approximate surface area is 134 Å². The number of halogens is 1. The standard InChI is InChI=1S/C11H14BrN3O2S3/c1-3-20(16,17)9-10(13)14-19-11(9)15(2)5-7-4-8(12)18-6-7/h4,6H,3,5H2,1-2H3,(H2,13,14). The van der Waals surface area contributed by atoms with Crippen LogP contribution in [0.25, 0.3) is 0 Å². The van der Waals surface area contributed by atoms with E-state index in [0.717, 1.165) is 20.9 Å². The third-order valence-corrected chi connectivity index (χ3v) is 7.18. The lowest BCUT2D eigenvalue weighted by Gasteiger charge is -2.17. The molecular weight excluding hydrogens is 382 g/mol. The van der Waals surface area contributed by atoms with Crippen LogP contribution in [0.5, 0.6) is 0 Å². The second kappa shape index (κ2) is 6.00. The molecule has 0 aromatic carbocycles. The molecule has 0 aliphatic heterocycles. The summed E-state index contributed by atoms with van der Waals surface area (Å²) in [5.74, 6) is 0.102. The maximum atomic E-state index is 12.1. The van der Waals surface area contributed by atoms with Gasteiger partial charge in [0.25, 0.3) is 0 Å². The molecule has 2 heterocycles. The first-order valence-corrected chi connectivity index (χ1v) is 9.87. The van der Waals surface area contributed by atoms with Crippen LogP contribution in [0.3, 0.4) is 0 Å². The first kappa shape index (κ1) is 15.7. The van der Waals surface area contributed by atoms with Crippen molar-refractivity contribution in [2.24, 2.45) is 0 Å². The summed E-state index contributed by atoms with van der Waals surface area (Å²) in [7, 11) is -1.53. The Hall–Kier alpha value is -0.640. The fraction of sp³-hybridized carbons (Fsp3) is 0.364. The summed E-state index contributed by atoms with van der Waals surface area (Å²) >= 11 is 6.13. The molecule has 0 atom stereocenters. The number of nitrogen functional groups attached to an aromatic ring is 1. The van der Waals surface area contributed by atoms with Gasteiger partial charge in [0.15, 0.2) is 15.7 Å². The molecule has 0 saturated carbocycles. The van der Waals surface area contributed by atoms with E-state index in [1.54, 1.807) is 18.3 Å². The quantitative estimate of drug-likeness (QED) is 0.841. The van der Waals surface area contributed by atoms with Crippen molar-refractivity contribution in [2.45, 2.75) is 18.4 Å². The van der Waals surface area contributed by atoms with Crippen LogP contribution in [-0.2, 0) is 16.4 Å².